The summed E-state index contributed by atoms with van der Waals surface area (Å²) in [5, 5.41) is 24.3. The number of benzene rings is 1. The van der Waals surface area contributed by atoms with Crippen molar-refractivity contribution in [2.75, 3.05) is 13.7 Å². The molecule has 0 aliphatic heterocycles. The van der Waals surface area contributed by atoms with Crippen LogP contribution in [0.2, 0.25) is 0 Å². The lowest BCUT2D eigenvalue weighted by molar-refractivity contribution is 0.149. The minimum Gasteiger partial charge on any atom is -0.504 e. The summed E-state index contributed by atoms with van der Waals surface area (Å²) in [5.74, 6) is 0.0674. The third-order valence-corrected chi connectivity index (χ3v) is 2.31. The summed E-state index contributed by atoms with van der Waals surface area (Å²) in [6, 6.07) is 2.93. The molecule has 0 saturated carbocycles. The number of nitrogens with zero attached hydrogens (tertiary/aromatic N) is 2. The van der Waals surface area contributed by atoms with Crippen molar-refractivity contribution in [1.82, 2.24) is 0 Å². The Labute approximate surface area is 97.0 Å². The Balaban J connectivity index is 2.98. The minimum atomic E-state index is -1.26. The molecule has 2 unspecified atom stereocenters. The standard InChI is InChI=1S/C10H12N2O5/c1-17-9-4-6(2-3-8(9)13)10(14)7(12-16)5-11-15/h2-4,7,10,13-14H,5H2,1H3. The molecule has 0 amide bonds. The summed E-state index contributed by atoms with van der Waals surface area (Å²) in [5.41, 5.74) is 0.313. The third kappa shape index (κ3) is 2.97. The van der Waals surface area contributed by atoms with Crippen LogP contribution in [-0.2, 0) is 0 Å². The highest BCUT2D eigenvalue weighted by atomic mass is 16.5. The number of hydrogen-bond donors (Lipinski definition) is 2. The van der Waals surface area contributed by atoms with E-state index in [4.69, 9.17) is 4.74 Å². The molecule has 1 aromatic rings. The van der Waals surface area contributed by atoms with Crippen LogP contribution < -0.4 is 4.74 Å². The summed E-state index contributed by atoms with van der Waals surface area (Å²) in [6.45, 7) is -0.409. The highest BCUT2D eigenvalue weighted by Crippen LogP contribution is 2.30. The molecule has 1 aromatic carbocycles. The highest BCUT2D eigenvalue weighted by molar-refractivity contribution is 5.42. The van der Waals surface area contributed by atoms with Crippen molar-refractivity contribution in [3.05, 3.63) is 33.6 Å². The zero-order valence-electron chi connectivity index (χ0n) is 9.11. The molecular formula is C10H12N2O5. The number of aromatic hydroxyl groups is 1. The highest BCUT2D eigenvalue weighted by Gasteiger charge is 2.23. The SMILES string of the molecule is COc1cc(C(O)C(CN=O)N=O)ccc1O. The van der Waals surface area contributed by atoms with Gasteiger partial charge in [-0.1, -0.05) is 16.4 Å². The Bertz CT molecular complexity index is 410. The van der Waals surface area contributed by atoms with E-state index in [0.29, 0.717) is 5.56 Å². The lowest BCUT2D eigenvalue weighted by Gasteiger charge is -2.15. The van der Waals surface area contributed by atoms with Crippen LogP contribution in [0, 0.1) is 9.81 Å². The molecule has 2 atom stereocenters. The van der Waals surface area contributed by atoms with Crippen molar-refractivity contribution in [3.63, 3.8) is 0 Å². The van der Waals surface area contributed by atoms with Gasteiger partial charge in [0.15, 0.2) is 11.5 Å². The molecule has 92 valence electrons. The monoisotopic (exact) mass is 240 g/mol. The van der Waals surface area contributed by atoms with Crippen molar-refractivity contribution >= 4 is 0 Å². The molecule has 0 radical (unpaired) electrons. The molecule has 0 aliphatic rings. The third-order valence-electron chi connectivity index (χ3n) is 2.31. The Morgan fingerprint density at radius 1 is 1.41 bits per heavy atom. The average molecular weight is 240 g/mol. The number of methoxy groups -OCH3 is 1. The van der Waals surface area contributed by atoms with E-state index in [1.54, 1.807) is 0 Å². The van der Waals surface area contributed by atoms with Gasteiger partial charge >= 0.3 is 0 Å². The molecule has 2 N–H and O–H groups in total. The largest absolute Gasteiger partial charge is 0.504 e. The lowest BCUT2D eigenvalue weighted by Crippen LogP contribution is -2.19. The van der Waals surface area contributed by atoms with Crippen LogP contribution in [0.1, 0.15) is 11.7 Å². The van der Waals surface area contributed by atoms with Gasteiger partial charge in [-0.25, -0.2) is 0 Å². The van der Waals surface area contributed by atoms with E-state index in [1.165, 1.54) is 25.3 Å². The first-order chi connectivity index (χ1) is 8.13. The summed E-state index contributed by atoms with van der Waals surface area (Å²) in [7, 11) is 1.35. The van der Waals surface area contributed by atoms with E-state index in [2.05, 4.69) is 10.4 Å². The molecule has 17 heavy (non-hydrogen) atoms. The second-order valence-electron chi connectivity index (χ2n) is 3.36. The van der Waals surface area contributed by atoms with Gasteiger partial charge in [-0.15, -0.1) is 0 Å². The Morgan fingerprint density at radius 2 is 2.12 bits per heavy atom. The quantitative estimate of drug-likeness (QED) is 0.729. The fourth-order valence-electron chi connectivity index (χ4n) is 1.37. The van der Waals surface area contributed by atoms with Gasteiger partial charge in [0.25, 0.3) is 0 Å². The zero-order chi connectivity index (χ0) is 12.8. The first-order valence-electron chi connectivity index (χ1n) is 4.80. The van der Waals surface area contributed by atoms with E-state index in [9.17, 15) is 20.0 Å². The molecule has 1 rings (SSSR count). The van der Waals surface area contributed by atoms with Gasteiger partial charge in [0.2, 0.25) is 0 Å². The van der Waals surface area contributed by atoms with E-state index in [-0.39, 0.29) is 11.5 Å². The molecule has 0 bridgehead atoms. The minimum absolute atomic E-state index is 0.0902. The number of nitroso groups, excluding NO2 is 2. The van der Waals surface area contributed by atoms with Gasteiger partial charge in [0.05, 0.1) is 7.11 Å². The molecule has 0 aromatic heterocycles. The van der Waals surface area contributed by atoms with Crippen LogP contribution >= 0.6 is 0 Å². The van der Waals surface area contributed by atoms with E-state index >= 15 is 0 Å². The van der Waals surface area contributed by atoms with Gasteiger partial charge in [-0.05, 0) is 17.7 Å². The first-order valence-corrected chi connectivity index (χ1v) is 4.80. The molecule has 0 heterocycles. The molecule has 7 heteroatoms. The maximum absolute atomic E-state index is 10.4. The Morgan fingerprint density at radius 3 is 2.65 bits per heavy atom. The first kappa shape index (κ1) is 13.0. The van der Waals surface area contributed by atoms with Crippen molar-refractivity contribution < 1.29 is 14.9 Å². The second kappa shape index (κ2) is 5.90. The van der Waals surface area contributed by atoms with Crippen molar-refractivity contribution in [1.29, 1.82) is 0 Å². The predicted octanol–water partition coefficient (Wildman–Crippen LogP) is 1.34. The van der Waals surface area contributed by atoms with E-state index in [0.717, 1.165) is 0 Å². The molecule has 0 aliphatic carbocycles. The lowest BCUT2D eigenvalue weighted by atomic mass is 10.0. The Hall–Kier alpha value is -2.02. The van der Waals surface area contributed by atoms with Gasteiger partial charge in [-0.2, -0.15) is 9.81 Å². The van der Waals surface area contributed by atoms with Crippen LogP contribution in [0.4, 0.5) is 0 Å². The second-order valence-corrected chi connectivity index (χ2v) is 3.36. The summed E-state index contributed by atoms with van der Waals surface area (Å²) in [4.78, 5) is 20.5. The smallest absolute Gasteiger partial charge is 0.160 e. The van der Waals surface area contributed by atoms with E-state index in [1.807, 2.05) is 0 Å². The fourth-order valence-corrected chi connectivity index (χ4v) is 1.37. The van der Waals surface area contributed by atoms with Gasteiger partial charge in [0.1, 0.15) is 18.7 Å². The average Bonchev–Trinajstić information content (AvgIpc) is 2.35. The zero-order valence-corrected chi connectivity index (χ0v) is 9.11. The molecule has 0 saturated heterocycles. The summed E-state index contributed by atoms with van der Waals surface area (Å²) in [6.07, 6.45) is -1.26. The maximum Gasteiger partial charge on any atom is 0.160 e. The number of aliphatic hydroxyl groups is 1. The topological polar surface area (TPSA) is 109 Å². The number of rotatable bonds is 6. The van der Waals surface area contributed by atoms with Crippen molar-refractivity contribution in [2.24, 2.45) is 10.4 Å². The molecule has 0 spiro atoms. The Kier molecular flexibility index (Phi) is 4.53. The fraction of sp³-hybridized carbons (Fsp3) is 0.400. The van der Waals surface area contributed by atoms with Crippen molar-refractivity contribution in [3.8, 4) is 11.5 Å². The van der Waals surface area contributed by atoms with Gasteiger partial charge in [-0.3, -0.25) is 0 Å². The van der Waals surface area contributed by atoms with Crippen LogP contribution in [-0.4, -0.2) is 29.9 Å². The number of hydrogen-bond acceptors (Lipinski definition) is 7. The summed E-state index contributed by atoms with van der Waals surface area (Å²) >= 11 is 0. The van der Waals surface area contributed by atoms with Crippen molar-refractivity contribution in [2.45, 2.75) is 12.1 Å². The van der Waals surface area contributed by atoms with Crippen LogP contribution in [0.15, 0.2) is 28.6 Å². The normalized spacial score (nSPS) is 13.8. The van der Waals surface area contributed by atoms with Crippen LogP contribution in [0.5, 0.6) is 11.5 Å². The number of aliphatic hydroxyl groups excluding tert-OH is 1. The van der Waals surface area contributed by atoms with Gasteiger partial charge in [0, 0.05) is 0 Å². The van der Waals surface area contributed by atoms with Gasteiger partial charge < -0.3 is 14.9 Å². The number of phenols is 1. The number of phenolic OH excluding ortho intramolecular Hbond substituents is 1. The van der Waals surface area contributed by atoms with Crippen LogP contribution in [0.3, 0.4) is 0 Å². The molecular weight excluding hydrogens is 228 g/mol. The maximum atomic E-state index is 10.4. The molecule has 0 fully saturated rings. The molecule has 7 nitrogen and oxygen atoms in total. The summed E-state index contributed by atoms with van der Waals surface area (Å²) < 4.78 is 4.85. The van der Waals surface area contributed by atoms with E-state index < -0.39 is 18.7 Å². The predicted molar refractivity (Wildman–Crippen MR) is 59.9 cm³/mol. The number of ether oxygens (including phenoxy) is 1. The van der Waals surface area contributed by atoms with Crippen LogP contribution in [0.25, 0.3) is 0 Å².